The van der Waals surface area contributed by atoms with Gasteiger partial charge in [-0.25, -0.2) is 9.38 Å². The Kier molecular flexibility index (Phi) is 3.93. The minimum atomic E-state index is -0.312. The van der Waals surface area contributed by atoms with Gasteiger partial charge in [0.1, 0.15) is 17.4 Å². The lowest BCUT2D eigenvalue weighted by Crippen LogP contribution is -2.18. The van der Waals surface area contributed by atoms with Crippen LogP contribution in [0, 0.1) is 5.82 Å². The van der Waals surface area contributed by atoms with Gasteiger partial charge in [0.25, 0.3) is 5.24 Å². The molecule has 1 fully saturated rings. The normalized spacial score (nSPS) is 18.0. The molecule has 0 spiro atoms. The van der Waals surface area contributed by atoms with Crippen molar-refractivity contribution >= 4 is 34.6 Å². The van der Waals surface area contributed by atoms with Gasteiger partial charge < -0.3 is 10.4 Å². The van der Waals surface area contributed by atoms with E-state index in [0.29, 0.717) is 16.4 Å². The molecule has 6 heteroatoms. The number of benzene rings is 2. The summed E-state index contributed by atoms with van der Waals surface area (Å²) in [5, 5.41) is 11.7. The zero-order valence-electron chi connectivity index (χ0n) is 11.3. The van der Waals surface area contributed by atoms with E-state index in [1.54, 1.807) is 30.3 Å². The predicted molar refractivity (Wildman–Crippen MR) is 85.7 cm³/mol. The summed E-state index contributed by atoms with van der Waals surface area (Å²) in [6, 6.07) is 12.3. The molecule has 0 aliphatic carbocycles. The lowest BCUT2D eigenvalue weighted by molar-refractivity contribution is 0.265. The molecule has 0 radical (unpaired) electrons. The largest absolute Gasteiger partial charge is 0.508 e. The van der Waals surface area contributed by atoms with E-state index in [-0.39, 0.29) is 16.8 Å². The maximum Gasteiger partial charge on any atom is 0.289 e. The first-order valence-corrected chi connectivity index (χ1v) is 7.26. The molecule has 3 rings (SSSR count). The van der Waals surface area contributed by atoms with E-state index in [2.05, 4.69) is 10.3 Å². The smallest absolute Gasteiger partial charge is 0.289 e. The van der Waals surface area contributed by atoms with Crippen molar-refractivity contribution in [1.29, 1.82) is 0 Å². The van der Waals surface area contributed by atoms with Gasteiger partial charge in [0.15, 0.2) is 0 Å². The Labute approximate surface area is 130 Å². The predicted octanol–water partition coefficient (Wildman–Crippen LogP) is 4.06. The summed E-state index contributed by atoms with van der Waals surface area (Å²) >= 11 is 1.03. The van der Waals surface area contributed by atoms with Crippen molar-refractivity contribution in [3.05, 3.63) is 64.8 Å². The number of hydrogen-bond donors (Lipinski definition) is 2. The Balaban J connectivity index is 1.93. The monoisotopic (exact) mass is 314 g/mol. The van der Waals surface area contributed by atoms with E-state index in [4.69, 9.17) is 0 Å². The third-order valence-corrected chi connectivity index (χ3v) is 3.73. The maximum atomic E-state index is 12.9. The van der Waals surface area contributed by atoms with Crippen molar-refractivity contribution in [3.8, 4) is 5.75 Å². The molecular formula is C16H11FN2O2S. The first-order chi connectivity index (χ1) is 10.6. The molecule has 4 nitrogen and oxygen atoms in total. The summed E-state index contributed by atoms with van der Waals surface area (Å²) in [5.74, 6) is 0.272. The van der Waals surface area contributed by atoms with Crippen LogP contribution in [0.2, 0.25) is 0 Å². The quantitative estimate of drug-likeness (QED) is 0.878. The van der Waals surface area contributed by atoms with E-state index < -0.39 is 0 Å². The molecule has 2 N–H and O–H groups in total. The molecule has 1 aliphatic rings. The number of amides is 1. The van der Waals surface area contributed by atoms with Crippen LogP contribution in [0.25, 0.3) is 6.08 Å². The SMILES string of the molecule is O=C1NC(=Nc2ccc(O)cc2)/C(=C/c2ccc(F)cc2)S1. The van der Waals surface area contributed by atoms with Crippen LogP contribution < -0.4 is 5.32 Å². The summed E-state index contributed by atoms with van der Waals surface area (Å²) in [4.78, 5) is 16.6. The van der Waals surface area contributed by atoms with Crippen molar-refractivity contribution in [3.63, 3.8) is 0 Å². The second-order valence-electron chi connectivity index (χ2n) is 4.55. The van der Waals surface area contributed by atoms with E-state index >= 15 is 0 Å². The summed E-state index contributed by atoms with van der Waals surface area (Å²) < 4.78 is 12.9. The highest BCUT2D eigenvalue weighted by molar-refractivity contribution is 8.18. The van der Waals surface area contributed by atoms with E-state index in [9.17, 15) is 14.3 Å². The molecule has 0 saturated carbocycles. The standard InChI is InChI=1S/C16H11FN2O2S/c17-11-3-1-10(2-4-11)9-14-15(19-16(21)22-14)18-12-5-7-13(20)8-6-12/h1-9,20H,(H,18,19,21)/b14-9-. The second kappa shape index (κ2) is 6.03. The van der Waals surface area contributed by atoms with Gasteiger partial charge in [-0.3, -0.25) is 4.79 Å². The first-order valence-electron chi connectivity index (χ1n) is 6.44. The zero-order valence-corrected chi connectivity index (χ0v) is 12.1. The number of halogens is 1. The number of aromatic hydroxyl groups is 1. The zero-order chi connectivity index (χ0) is 15.5. The summed E-state index contributed by atoms with van der Waals surface area (Å²) in [6.45, 7) is 0. The molecule has 2 aromatic carbocycles. The lowest BCUT2D eigenvalue weighted by atomic mass is 10.2. The minimum absolute atomic E-state index is 0.149. The molecule has 2 aromatic rings. The Bertz CT molecular complexity index is 702. The van der Waals surface area contributed by atoms with Gasteiger partial charge in [0, 0.05) is 0 Å². The number of phenols is 1. The number of aliphatic imine (C=N–C) groups is 1. The molecule has 0 atom stereocenters. The van der Waals surface area contributed by atoms with Crippen LogP contribution in [0.3, 0.4) is 0 Å². The van der Waals surface area contributed by atoms with Crippen LogP contribution in [0.5, 0.6) is 5.75 Å². The Morgan fingerprint density at radius 3 is 2.45 bits per heavy atom. The molecule has 1 saturated heterocycles. The van der Waals surface area contributed by atoms with Gasteiger partial charge in [-0.1, -0.05) is 12.1 Å². The van der Waals surface area contributed by atoms with Crippen molar-refractivity contribution in [2.75, 3.05) is 0 Å². The second-order valence-corrected chi connectivity index (χ2v) is 5.57. The highest BCUT2D eigenvalue weighted by Crippen LogP contribution is 2.28. The fourth-order valence-corrected chi connectivity index (χ4v) is 2.62. The number of rotatable bonds is 2. The third kappa shape index (κ3) is 3.35. The van der Waals surface area contributed by atoms with E-state index in [1.165, 1.54) is 24.3 Å². The third-order valence-electron chi connectivity index (χ3n) is 2.91. The number of thioether (sulfide) groups is 1. The molecule has 1 heterocycles. The van der Waals surface area contributed by atoms with Gasteiger partial charge in [-0.15, -0.1) is 0 Å². The first kappa shape index (κ1) is 14.3. The van der Waals surface area contributed by atoms with Crippen LogP contribution in [0.1, 0.15) is 5.56 Å². The number of carbonyl (C=O) groups excluding carboxylic acids is 1. The van der Waals surface area contributed by atoms with Crippen molar-refractivity contribution in [2.45, 2.75) is 0 Å². The molecule has 22 heavy (non-hydrogen) atoms. The van der Waals surface area contributed by atoms with Gasteiger partial charge in [-0.2, -0.15) is 0 Å². The lowest BCUT2D eigenvalue weighted by Gasteiger charge is -2.00. The topological polar surface area (TPSA) is 61.7 Å². The number of nitrogens with one attached hydrogen (secondary N) is 1. The van der Waals surface area contributed by atoms with Crippen molar-refractivity contribution in [1.82, 2.24) is 5.32 Å². The molecule has 1 aliphatic heterocycles. The molecule has 0 unspecified atom stereocenters. The fourth-order valence-electron chi connectivity index (χ4n) is 1.88. The fraction of sp³-hybridized carbons (Fsp3) is 0. The van der Waals surface area contributed by atoms with Gasteiger partial charge in [-0.05, 0) is 59.8 Å². The highest BCUT2D eigenvalue weighted by Gasteiger charge is 2.23. The molecule has 1 amide bonds. The Hall–Kier alpha value is -2.60. The summed E-state index contributed by atoms with van der Waals surface area (Å²) in [5.41, 5.74) is 1.39. The van der Waals surface area contributed by atoms with Crippen LogP contribution >= 0.6 is 11.8 Å². The number of amidine groups is 1. The van der Waals surface area contributed by atoms with E-state index in [1.807, 2.05) is 0 Å². The van der Waals surface area contributed by atoms with Crippen LogP contribution in [-0.4, -0.2) is 16.2 Å². The summed E-state index contributed by atoms with van der Waals surface area (Å²) in [7, 11) is 0. The Morgan fingerprint density at radius 1 is 1.09 bits per heavy atom. The van der Waals surface area contributed by atoms with Crippen molar-refractivity contribution in [2.24, 2.45) is 4.99 Å². The van der Waals surface area contributed by atoms with Gasteiger partial charge in [0.2, 0.25) is 0 Å². The van der Waals surface area contributed by atoms with Gasteiger partial charge >= 0.3 is 0 Å². The van der Waals surface area contributed by atoms with Crippen LogP contribution in [0.4, 0.5) is 14.9 Å². The molecule has 0 bridgehead atoms. The molecule has 110 valence electrons. The number of phenolic OH excluding ortho intramolecular Hbond substituents is 1. The van der Waals surface area contributed by atoms with Crippen LogP contribution in [-0.2, 0) is 0 Å². The van der Waals surface area contributed by atoms with Crippen LogP contribution in [0.15, 0.2) is 58.4 Å². The number of carbonyl (C=O) groups is 1. The maximum absolute atomic E-state index is 12.9. The number of nitrogens with zero attached hydrogens (tertiary/aromatic N) is 1. The van der Waals surface area contributed by atoms with Gasteiger partial charge in [0.05, 0.1) is 10.6 Å². The minimum Gasteiger partial charge on any atom is -0.508 e. The van der Waals surface area contributed by atoms with Crippen molar-refractivity contribution < 1.29 is 14.3 Å². The average Bonchev–Trinajstić information content (AvgIpc) is 2.83. The summed E-state index contributed by atoms with van der Waals surface area (Å²) in [6.07, 6.45) is 1.77. The molecular weight excluding hydrogens is 303 g/mol. The Morgan fingerprint density at radius 2 is 1.77 bits per heavy atom. The number of hydrogen-bond acceptors (Lipinski definition) is 4. The average molecular weight is 314 g/mol. The highest BCUT2D eigenvalue weighted by atomic mass is 32.2. The molecule has 0 aromatic heterocycles. The van der Waals surface area contributed by atoms with E-state index in [0.717, 1.165) is 17.3 Å².